The number of ether oxygens (including phenoxy) is 1. The maximum absolute atomic E-state index is 12.5. The maximum Gasteiger partial charge on any atom is 0.414 e. The molecule has 0 bridgehead atoms. The number of rotatable bonds is 3. The Kier molecular flexibility index (Phi) is 4.52. The van der Waals surface area contributed by atoms with Crippen molar-refractivity contribution >= 4 is 17.7 Å². The van der Waals surface area contributed by atoms with E-state index in [0.29, 0.717) is 13.0 Å². The van der Waals surface area contributed by atoms with Gasteiger partial charge in [0.15, 0.2) is 0 Å². The van der Waals surface area contributed by atoms with Crippen molar-refractivity contribution in [3.05, 3.63) is 29.8 Å². The molecule has 1 aromatic carbocycles. The Morgan fingerprint density at radius 1 is 1.29 bits per heavy atom. The molecule has 0 saturated carbocycles. The van der Waals surface area contributed by atoms with Gasteiger partial charge in [-0.2, -0.15) is 0 Å². The van der Waals surface area contributed by atoms with E-state index in [4.69, 9.17) is 4.74 Å². The lowest BCUT2D eigenvalue weighted by atomic mass is 9.98. The van der Waals surface area contributed by atoms with E-state index in [1.807, 2.05) is 43.9 Å². The summed E-state index contributed by atoms with van der Waals surface area (Å²) >= 11 is 0. The molecule has 2 amide bonds. The van der Waals surface area contributed by atoms with Crippen molar-refractivity contribution in [1.29, 1.82) is 0 Å². The minimum absolute atomic E-state index is 0.252. The third kappa shape index (κ3) is 3.55. The van der Waals surface area contributed by atoms with Crippen LogP contribution in [-0.2, 0) is 9.53 Å². The highest BCUT2D eigenvalue weighted by atomic mass is 16.6. The summed E-state index contributed by atoms with van der Waals surface area (Å²) in [5, 5.41) is 0. The van der Waals surface area contributed by atoms with E-state index in [1.165, 1.54) is 5.56 Å². The predicted octanol–water partition coefficient (Wildman–Crippen LogP) is 3.54. The van der Waals surface area contributed by atoms with Crippen molar-refractivity contribution in [2.75, 3.05) is 24.5 Å². The number of fused-ring (bicyclic) bond motifs is 1. The van der Waals surface area contributed by atoms with Gasteiger partial charge in [0.25, 0.3) is 0 Å². The third-order valence-corrected chi connectivity index (χ3v) is 4.60. The summed E-state index contributed by atoms with van der Waals surface area (Å²) in [5.74, 6) is 0.507. The molecule has 1 saturated heterocycles. The molecule has 24 heavy (non-hydrogen) atoms. The molecule has 1 fully saturated rings. The number of anilines is 1. The number of amides is 2. The van der Waals surface area contributed by atoms with E-state index in [0.717, 1.165) is 31.6 Å². The second-order valence-electron chi connectivity index (χ2n) is 7.62. The molecular formula is C19H26N2O3. The lowest BCUT2D eigenvalue weighted by molar-refractivity contribution is -0.127. The molecule has 0 aliphatic carbocycles. The molecule has 0 unspecified atom stereocenters. The van der Waals surface area contributed by atoms with Crippen LogP contribution in [0.2, 0.25) is 0 Å². The summed E-state index contributed by atoms with van der Waals surface area (Å²) in [6, 6.07) is 8.00. The topological polar surface area (TPSA) is 49.9 Å². The average Bonchev–Trinajstić information content (AvgIpc) is 3.07. The zero-order chi connectivity index (χ0) is 17.3. The summed E-state index contributed by atoms with van der Waals surface area (Å²) in [6.45, 7) is 7.88. The van der Waals surface area contributed by atoms with Crippen LogP contribution in [0.4, 0.5) is 10.5 Å². The molecule has 2 aliphatic rings. The van der Waals surface area contributed by atoms with Crippen LogP contribution in [0, 0.1) is 0 Å². The molecule has 1 atom stereocenters. The summed E-state index contributed by atoms with van der Waals surface area (Å²) in [6.07, 6.45) is 2.21. The molecule has 130 valence electrons. The highest BCUT2D eigenvalue weighted by Gasteiger charge is 2.35. The van der Waals surface area contributed by atoms with Crippen LogP contribution in [0.15, 0.2) is 24.3 Å². The van der Waals surface area contributed by atoms with Crippen molar-refractivity contribution < 1.29 is 14.3 Å². The quantitative estimate of drug-likeness (QED) is 0.852. The molecule has 2 heterocycles. The van der Waals surface area contributed by atoms with Crippen LogP contribution in [0.3, 0.4) is 0 Å². The first-order valence-electron chi connectivity index (χ1n) is 8.72. The largest absolute Gasteiger partial charge is 0.443 e. The SMILES string of the molecule is CC(C)(C)OC(=O)N1C[C@@H](CCN2CCCC2=O)c2ccccc21. The van der Waals surface area contributed by atoms with Gasteiger partial charge in [-0.1, -0.05) is 18.2 Å². The van der Waals surface area contributed by atoms with Gasteiger partial charge in [0.05, 0.1) is 5.69 Å². The van der Waals surface area contributed by atoms with Gasteiger partial charge < -0.3 is 9.64 Å². The Balaban J connectivity index is 1.71. The first-order chi connectivity index (χ1) is 11.3. The van der Waals surface area contributed by atoms with Crippen LogP contribution in [0.5, 0.6) is 0 Å². The van der Waals surface area contributed by atoms with Crippen molar-refractivity contribution in [2.45, 2.75) is 51.6 Å². The number of hydrogen-bond donors (Lipinski definition) is 0. The van der Waals surface area contributed by atoms with Crippen LogP contribution in [-0.4, -0.2) is 42.1 Å². The number of nitrogens with zero attached hydrogens (tertiary/aromatic N) is 2. The van der Waals surface area contributed by atoms with Gasteiger partial charge >= 0.3 is 6.09 Å². The Morgan fingerprint density at radius 2 is 2.04 bits per heavy atom. The second kappa shape index (κ2) is 6.46. The lowest BCUT2D eigenvalue weighted by Gasteiger charge is -2.25. The second-order valence-corrected chi connectivity index (χ2v) is 7.62. The molecule has 5 nitrogen and oxygen atoms in total. The van der Waals surface area contributed by atoms with E-state index in [9.17, 15) is 9.59 Å². The fraction of sp³-hybridized carbons (Fsp3) is 0.579. The summed E-state index contributed by atoms with van der Waals surface area (Å²) in [4.78, 5) is 28.0. The van der Waals surface area contributed by atoms with Gasteiger partial charge in [-0.25, -0.2) is 4.79 Å². The van der Waals surface area contributed by atoms with E-state index >= 15 is 0 Å². The number of para-hydroxylation sites is 1. The van der Waals surface area contributed by atoms with Gasteiger partial charge in [0.2, 0.25) is 5.91 Å². The zero-order valence-electron chi connectivity index (χ0n) is 14.7. The number of carbonyl (C=O) groups is 2. The first kappa shape index (κ1) is 16.8. The Labute approximate surface area is 143 Å². The fourth-order valence-corrected chi connectivity index (χ4v) is 3.48. The molecule has 0 N–H and O–H groups in total. The summed E-state index contributed by atoms with van der Waals surface area (Å²) < 4.78 is 5.54. The zero-order valence-corrected chi connectivity index (χ0v) is 14.7. The number of likely N-dealkylation sites (tertiary alicyclic amines) is 1. The molecule has 0 spiro atoms. The normalized spacial score (nSPS) is 20.5. The van der Waals surface area contributed by atoms with Crippen LogP contribution in [0.1, 0.15) is 51.5 Å². The van der Waals surface area contributed by atoms with Gasteiger partial charge in [0, 0.05) is 32.0 Å². The van der Waals surface area contributed by atoms with Gasteiger partial charge in [-0.15, -0.1) is 0 Å². The van der Waals surface area contributed by atoms with Crippen LogP contribution in [0.25, 0.3) is 0 Å². The summed E-state index contributed by atoms with van der Waals surface area (Å²) in [7, 11) is 0. The van der Waals surface area contributed by atoms with Crippen molar-refractivity contribution in [3.63, 3.8) is 0 Å². The lowest BCUT2D eigenvalue weighted by Crippen LogP contribution is -2.36. The van der Waals surface area contributed by atoms with E-state index in [1.54, 1.807) is 4.90 Å². The molecule has 3 rings (SSSR count). The molecular weight excluding hydrogens is 304 g/mol. The highest BCUT2D eigenvalue weighted by molar-refractivity contribution is 5.91. The van der Waals surface area contributed by atoms with Crippen molar-refractivity contribution in [3.8, 4) is 0 Å². The van der Waals surface area contributed by atoms with E-state index in [2.05, 4.69) is 6.07 Å². The highest BCUT2D eigenvalue weighted by Crippen LogP contribution is 2.38. The van der Waals surface area contributed by atoms with E-state index in [-0.39, 0.29) is 17.9 Å². The number of carbonyl (C=O) groups excluding carboxylic acids is 2. The van der Waals surface area contributed by atoms with Crippen LogP contribution >= 0.6 is 0 Å². The molecule has 0 radical (unpaired) electrons. The van der Waals surface area contributed by atoms with Gasteiger partial charge in [0.1, 0.15) is 5.60 Å². The molecule has 1 aromatic rings. The first-order valence-corrected chi connectivity index (χ1v) is 8.72. The fourth-order valence-electron chi connectivity index (χ4n) is 3.48. The van der Waals surface area contributed by atoms with Gasteiger partial charge in [-0.05, 0) is 45.2 Å². The smallest absolute Gasteiger partial charge is 0.414 e. The van der Waals surface area contributed by atoms with Crippen LogP contribution < -0.4 is 4.90 Å². The van der Waals surface area contributed by atoms with Crippen molar-refractivity contribution in [1.82, 2.24) is 4.90 Å². The Bertz CT molecular complexity index is 636. The third-order valence-electron chi connectivity index (χ3n) is 4.60. The van der Waals surface area contributed by atoms with Crippen molar-refractivity contribution in [2.24, 2.45) is 0 Å². The predicted molar refractivity (Wildman–Crippen MR) is 93.2 cm³/mol. The minimum Gasteiger partial charge on any atom is -0.443 e. The van der Waals surface area contributed by atoms with Gasteiger partial charge in [-0.3, -0.25) is 9.69 Å². The monoisotopic (exact) mass is 330 g/mol. The number of benzene rings is 1. The molecule has 5 heteroatoms. The maximum atomic E-state index is 12.5. The summed E-state index contributed by atoms with van der Waals surface area (Å²) in [5.41, 5.74) is 1.60. The minimum atomic E-state index is -0.508. The molecule has 2 aliphatic heterocycles. The standard InChI is InChI=1S/C19H26N2O3/c1-19(2,3)24-18(23)21-13-14(15-7-4-5-8-16(15)21)10-12-20-11-6-9-17(20)22/h4-5,7-8,14H,6,9-13H2,1-3H3/t14-/m1/s1. The Morgan fingerprint density at radius 3 is 2.71 bits per heavy atom. The molecule has 0 aromatic heterocycles. The van der Waals surface area contributed by atoms with E-state index < -0.39 is 5.60 Å². The average molecular weight is 330 g/mol. The number of hydrogen-bond acceptors (Lipinski definition) is 3. The Hall–Kier alpha value is -2.04.